The highest BCUT2D eigenvalue weighted by atomic mass is 16.5. The van der Waals surface area contributed by atoms with Gasteiger partial charge in [0.15, 0.2) is 0 Å². The number of hydrogen-bond acceptors (Lipinski definition) is 2. The van der Waals surface area contributed by atoms with Crippen molar-refractivity contribution in [1.29, 1.82) is 0 Å². The predicted molar refractivity (Wildman–Crippen MR) is 51.2 cm³/mol. The Bertz CT molecular complexity index is 112. The molecular weight excluding hydrogens is 152 g/mol. The second-order valence-electron chi connectivity index (χ2n) is 4.06. The van der Waals surface area contributed by atoms with Crippen molar-refractivity contribution in [2.75, 3.05) is 13.7 Å². The standard InChI is InChI=1S/C10H22O2/c1-9(2)5-6-10(3,12-4)7-8-11/h9,11H,5-8H2,1-4H3. The Labute approximate surface area is 75.9 Å². The summed E-state index contributed by atoms with van der Waals surface area (Å²) in [5, 5.41) is 8.82. The highest BCUT2D eigenvalue weighted by Crippen LogP contribution is 2.22. The van der Waals surface area contributed by atoms with E-state index in [-0.39, 0.29) is 12.2 Å². The van der Waals surface area contributed by atoms with E-state index in [2.05, 4.69) is 20.8 Å². The van der Waals surface area contributed by atoms with Gasteiger partial charge in [0, 0.05) is 13.7 Å². The van der Waals surface area contributed by atoms with Crippen molar-refractivity contribution >= 4 is 0 Å². The first-order valence-corrected chi connectivity index (χ1v) is 4.70. The zero-order valence-electron chi connectivity index (χ0n) is 8.76. The Morgan fingerprint density at radius 3 is 2.25 bits per heavy atom. The minimum atomic E-state index is -0.126. The molecule has 0 heterocycles. The fraction of sp³-hybridized carbons (Fsp3) is 1.00. The van der Waals surface area contributed by atoms with Crippen molar-refractivity contribution in [3.05, 3.63) is 0 Å². The molecule has 0 fully saturated rings. The molecule has 0 spiro atoms. The van der Waals surface area contributed by atoms with E-state index in [1.165, 1.54) is 0 Å². The smallest absolute Gasteiger partial charge is 0.0672 e. The van der Waals surface area contributed by atoms with Gasteiger partial charge >= 0.3 is 0 Å². The fourth-order valence-electron chi connectivity index (χ4n) is 1.16. The van der Waals surface area contributed by atoms with Crippen molar-refractivity contribution in [1.82, 2.24) is 0 Å². The van der Waals surface area contributed by atoms with Crippen LogP contribution < -0.4 is 0 Å². The zero-order valence-corrected chi connectivity index (χ0v) is 8.76. The molecule has 1 atom stereocenters. The first-order valence-electron chi connectivity index (χ1n) is 4.70. The molecule has 1 unspecified atom stereocenters. The first-order chi connectivity index (χ1) is 5.54. The average Bonchev–Trinajstić information content (AvgIpc) is 2.02. The van der Waals surface area contributed by atoms with Crippen LogP contribution in [-0.4, -0.2) is 24.4 Å². The summed E-state index contributed by atoms with van der Waals surface area (Å²) in [5.41, 5.74) is -0.126. The maximum absolute atomic E-state index is 8.82. The summed E-state index contributed by atoms with van der Waals surface area (Å²) < 4.78 is 5.37. The Morgan fingerprint density at radius 2 is 1.92 bits per heavy atom. The lowest BCUT2D eigenvalue weighted by Crippen LogP contribution is -2.29. The number of aliphatic hydroxyl groups is 1. The van der Waals surface area contributed by atoms with Crippen LogP contribution in [0.3, 0.4) is 0 Å². The normalized spacial score (nSPS) is 16.5. The van der Waals surface area contributed by atoms with Gasteiger partial charge in [-0.05, 0) is 32.1 Å². The number of ether oxygens (including phenoxy) is 1. The van der Waals surface area contributed by atoms with Gasteiger partial charge < -0.3 is 9.84 Å². The molecule has 1 N–H and O–H groups in total. The minimum absolute atomic E-state index is 0.126. The molecule has 12 heavy (non-hydrogen) atoms. The molecule has 0 aliphatic heterocycles. The number of aliphatic hydroxyl groups excluding tert-OH is 1. The van der Waals surface area contributed by atoms with Crippen molar-refractivity contribution in [2.45, 2.75) is 45.6 Å². The molecule has 2 heteroatoms. The molecule has 0 aliphatic carbocycles. The van der Waals surface area contributed by atoms with Gasteiger partial charge in [-0.2, -0.15) is 0 Å². The van der Waals surface area contributed by atoms with E-state index >= 15 is 0 Å². The van der Waals surface area contributed by atoms with Crippen molar-refractivity contribution < 1.29 is 9.84 Å². The second kappa shape index (κ2) is 5.55. The summed E-state index contributed by atoms with van der Waals surface area (Å²) in [7, 11) is 1.72. The second-order valence-corrected chi connectivity index (χ2v) is 4.06. The lowest BCUT2D eigenvalue weighted by molar-refractivity contribution is -0.0228. The molecule has 0 aromatic rings. The summed E-state index contributed by atoms with van der Waals surface area (Å²) >= 11 is 0. The Balaban J connectivity index is 3.78. The maximum atomic E-state index is 8.82. The molecule has 0 aromatic heterocycles. The molecule has 0 rings (SSSR count). The van der Waals surface area contributed by atoms with Crippen LogP contribution in [0.4, 0.5) is 0 Å². The van der Waals surface area contributed by atoms with Crippen LogP contribution in [0.25, 0.3) is 0 Å². The van der Waals surface area contributed by atoms with Crippen LogP contribution in [0, 0.1) is 5.92 Å². The lowest BCUT2D eigenvalue weighted by Gasteiger charge is -2.28. The Morgan fingerprint density at radius 1 is 1.33 bits per heavy atom. The van der Waals surface area contributed by atoms with Gasteiger partial charge in [-0.15, -0.1) is 0 Å². The summed E-state index contributed by atoms with van der Waals surface area (Å²) in [6.07, 6.45) is 2.92. The van der Waals surface area contributed by atoms with Crippen LogP contribution >= 0.6 is 0 Å². The third-order valence-electron chi connectivity index (χ3n) is 2.38. The highest BCUT2D eigenvalue weighted by Gasteiger charge is 2.22. The molecular formula is C10H22O2. The third kappa shape index (κ3) is 4.73. The van der Waals surface area contributed by atoms with Crippen molar-refractivity contribution in [3.8, 4) is 0 Å². The van der Waals surface area contributed by atoms with E-state index in [9.17, 15) is 0 Å². The Kier molecular flexibility index (Phi) is 5.51. The third-order valence-corrected chi connectivity index (χ3v) is 2.38. The van der Waals surface area contributed by atoms with Gasteiger partial charge in [-0.1, -0.05) is 13.8 Å². The monoisotopic (exact) mass is 174 g/mol. The summed E-state index contributed by atoms with van der Waals surface area (Å²) in [5.74, 6) is 0.707. The van der Waals surface area contributed by atoms with E-state index in [4.69, 9.17) is 9.84 Å². The number of rotatable bonds is 6. The van der Waals surface area contributed by atoms with Gasteiger partial charge in [0.25, 0.3) is 0 Å². The largest absolute Gasteiger partial charge is 0.396 e. The van der Waals surface area contributed by atoms with Crippen molar-refractivity contribution in [3.63, 3.8) is 0 Å². The van der Waals surface area contributed by atoms with Crippen molar-refractivity contribution in [2.24, 2.45) is 5.92 Å². The summed E-state index contributed by atoms with van der Waals surface area (Å²) in [4.78, 5) is 0. The predicted octanol–water partition coefficient (Wildman–Crippen LogP) is 2.21. The van der Waals surface area contributed by atoms with Crippen LogP contribution in [0.1, 0.15) is 40.0 Å². The maximum Gasteiger partial charge on any atom is 0.0672 e. The van der Waals surface area contributed by atoms with Crippen LogP contribution in [0.5, 0.6) is 0 Å². The molecule has 74 valence electrons. The molecule has 0 aliphatic rings. The molecule has 0 aromatic carbocycles. The molecule has 0 amide bonds. The minimum Gasteiger partial charge on any atom is -0.396 e. The molecule has 2 nitrogen and oxygen atoms in total. The number of methoxy groups -OCH3 is 1. The Hall–Kier alpha value is -0.0800. The van der Waals surface area contributed by atoms with Crippen LogP contribution in [0.2, 0.25) is 0 Å². The van der Waals surface area contributed by atoms with E-state index in [1.54, 1.807) is 7.11 Å². The van der Waals surface area contributed by atoms with E-state index < -0.39 is 0 Å². The van der Waals surface area contributed by atoms with E-state index in [0.29, 0.717) is 5.92 Å². The topological polar surface area (TPSA) is 29.5 Å². The molecule has 0 radical (unpaired) electrons. The highest BCUT2D eigenvalue weighted by molar-refractivity contribution is 4.74. The first kappa shape index (κ1) is 11.9. The van der Waals surface area contributed by atoms with Gasteiger partial charge in [-0.25, -0.2) is 0 Å². The van der Waals surface area contributed by atoms with E-state index in [1.807, 2.05) is 0 Å². The van der Waals surface area contributed by atoms with E-state index in [0.717, 1.165) is 19.3 Å². The van der Waals surface area contributed by atoms with Gasteiger partial charge in [0.1, 0.15) is 0 Å². The summed E-state index contributed by atoms with van der Waals surface area (Å²) in [6.45, 7) is 6.68. The van der Waals surface area contributed by atoms with Gasteiger partial charge in [-0.3, -0.25) is 0 Å². The quantitative estimate of drug-likeness (QED) is 0.669. The van der Waals surface area contributed by atoms with Gasteiger partial charge in [0.05, 0.1) is 5.60 Å². The molecule has 0 bridgehead atoms. The summed E-state index contributed by atoms with van der Waals surface area (Å²) in [6, 6.07) is 0. The zero-order chi connectivity index (χ0) is 9.61. The number of hydrogen-bond donors (Lipinski definition) is 1. The fourth-order valence-corrected chi connectivity index (χ4v) is 1.16. The van der Waals surface area contributed by atoms with Gasteiger partial charge in [0.2, 0.25) is 0 Å². The molecule has 0 saturated carbocycles. The SMILES string of the molecule is COC(C)(CCO)CCC(C)C. The lowest BCUT2D eigenvalue weighted by atomic mass is 9.92. The average molecular weight is 174 g/mol. The van der Waals surface area contributed by atoms with Crippen LogP contribution in [-0.2, 0) is 4.74 Å². The van der Waals surface area contributed by atoms with Crippen LogP contribution in [0.15, 0.2) is 0 Å². The molecule has 0 saturated heterocycles.